The number of hydrogen-bond acceptors (Lipinski definition) is 2. The number of rotatable bonds is 3. The first kappa shape index (κ1) is 13.4. The van der Waals surface area contributed by atoms with E-state index < -0.39 is 0 Å². The van der Waals surface area contributed by atoms with E-state index in [1.165, 1.54) is 0 Å². The second-order valence-corrected chi connectivity index (χ2v) is 4.58. The first-order valence-corrected chi connectivity index (χ1v) is 6.19. The Labute approximate surface area is 117 Å². The molecule has 0 spiro atoms. The lowest BCUT2D eigenvalue weighted by molar-refractivity contribution is 0.102. The molecule has 0 saturated carbocycles. The second kappa shape index (κ2) is 5.76. The van der Waals surface area contributed by atoms with E-state index in [2.05, 4.69) is 5.32 Å². The summed E-state index contributed by atoms with van der Waals surface area (Å²) >= 11 is 5.92. The molecule has 0 unspecified atom stereocenters. The van der Waals surface area contributed by atoms with Crippen LogP contribution in [-0.4, -0.2) is 13.0 Å². The second-order valence-electron chi connectivity index (χ2n) is 4.14. The Balaban J connectivity index is 2.18. The lowest BCUT2D eigenvalue weighted by Gasteiger charge is -2.09. The predicted molar refractivity (Wildman–Crippen MR) is 77.1 cm³/mol. The molecular weight excluding hydrogens is 262 g/mol. The van der Waals surface area contributed by atoms with Crippen molar-refractivity contribution >= 4 is 23.2 Å². The van der Waals surface area contributed by atoms with Gasteiger partial charge in [-0.05, 0) is 48.9 Å². The van der Waals surface area contributed by atoms with Crippen LogP contribution in [0.15, 0.2) is 42.5 Å². The smallest absolute Gasteiger partial charge is 0.255 e. The van der Waals surface area contributed by atoms with Crippen molar-refractivity contribution in [3.8, 4) is 5.75 Å². The number of anilines is 1. The summed E-state index contributed by atoms with van der Waals surface area (Å²) in [6, 6.07) is 12.3. The van der Waals surface area contributed by atoms with Gasteiger partial charge in [0.1, 0.15) is 5.75 Å². The molecule has 0 bridgehead atoms. The van der Waals surface area contributed by atoms with Gasteiger partial charge in [-0.3, -0.25) is 4.79 Å². The number of benzene rings is 2. The number of carbonyl (C=O) groups excluding carboxylic acids is 1. The molecule has 4 heteroatoms. The number of amides is 1. The zero-order valence-corrected chi connectivity index (χ0v) is 11.5. The minimum absolute atomic E-state index is 0.173. The third-order valence-electron chi connectivity index (χ3n) is 2.80. The Hall–Kier alpha value is -2.00. The van der Waals surface area contributed by atoms with Gasteiger partial charge in [0.25, 0.3) is 5.91 Å². The highest BCUT2D eigenvalue weighted by atomic mass is 35.5. The molecule has 98 valence electrons. The predicted octanol–water partition coefficient (Wildman–Crippen LogP) is 3.91. The van der Waals surface area contributed by atoms with Crippen molar-refractivity contribution in [1.82, 2.24) is 0 Å². The van der Waals surface area contributed by atoms with E-state index in [0.29, 0.717) is 16.3 Å². The average Bonchev–Trinajstić information content (AvgIpc) is 2.43. The van der Waals surface area contributed by atoms with Crippen molar-refractivity contribution in [3.63, 3.8) is 0 Å². The summed E-state index contributed by atoms with van der Waals surface area (Å²) < 4.78 is 5.05. The molecule has 0 saturated heterocycles. The Bertz CT molecular complexity index is 594. The average molecular weight is 276 g/mol. The van der Waals surface area contributed by atoms with Gasteiger partial charge >= 0.3 is 0 Å². The molecule has 0 aliphatic heterocycles. The summed E-state index contributed by atoms with van der Waals surface area (Å²) in [5, 5.41) is 3.43. The maximum atomic E-state index is 12.1. The number of carbonyl (C=O) groups is 1. The SMILES string of the molecule is COc1ccc(C(=O)Nc2cc(Cl)ccc2C)cc1. The number of hydrogen-bond donors (Lipinski definition) is 1. The van der Waals surface area contributed by atoms with E-state index in [-0.39, 0.29) is 5.91 Å². The summed E-state index contributed by atoms with van der Waals surface area (Å²) in [5.41, 5.74) is 2.25. The van der Waals surface area contributed by atoms with Crippen molar-refractivity contribution in [1.29, 1.82) is 0 Å². The minimum Gasteiger partial charge on any atom is -0.497 e. The quantitative estimate of drug-likeness (QED) is 0.922. The fraction of sp³-hybridized carbons (Fsp3) is 0.133. The normalized spacial score (nSPS) is 10.1. The van der Waals surface area contributed by atoms with Gasteiger partial charge in [0.15, 0.2) is 0 Å². The Morgan fingerprint density at radius 1 is 1.16 bits per heavy atom. The van der Waals surface area contributed by atoms with Crippen molar-refractivity contribution in [3.05, 3.63) is 58.6 Å². The van der Waals surface area contributed by atoms with Gasteiger partial charge in [-0.25, -0.2) is 0 Å². The first-order valence-electron chi connectivity index (χ1n) is 5.81. The van der Waals surface area contributed by atoms with Crippen molar-refractivity contribution < 1.29 is 9.53 Å². The molecule has 0 atom stereocenters. The van der Waals surface area contributed by atoms with Crippen molar-refractivity contribution in [2.45, 2.75) is 6.92 Å². The number of nitrogens with one attached hydrogen (secondary N) is 1. The van der Waals surface area contributed by atoms with Gasteiger partial charge in [-0.15, -0.1) is 0 Å². The highest BCUT2D eigenvalue weighted by Crippen LogP contribution is 2.21. The van der Waals surface area contributed by atoms with E-state index in [0.717, 1.165) is 11.3 Å². The van der Waals surface area contributed by atoms with E-state index in [1.807, 2.05) is 13.0 Å². The summed E-state index contributed by atoms with van der Waals surface area (Å²) in [6.45, 7) is 1.92. The molecule has 0 aliphatic carbocycles. The van der Waals surface area contributed by atoms with Crippen molar-refractivity contribution in [2.75, 3.05) is 12.4 Å². The summed E-state index contributed by atoms with van der Waals surface area (Å²) in [6.07, 6.45) is 0. The first-order chi connectivity index (χ1) is 9.10. The fourth-order valence-electron chi connectivity index (χ4n) is 1.67. The van der Waals surface area contributed by atoms with Crippen molar-refractivity contribution in [2.24, 2.45) is 0 Å². The van der Waals surface area contributed by atoms with Crippen LogP contribution < -0.4 is 10.1 Å². The lowest BCUT2D eigenvalue weighted by atomic mass is 10.1. The van der Waals surface area contributed by atoms with Crippen LogP contribution in [0.25, 0.3) is 0 Å². The van der Waals surface area contributed by atoms with E-state index in [9.17, 15) is 4.79 Å². The molecule has 0 heterocycles. The molecule has 0 aliphatic rings. The monoisotopic (exact) mass is 275 g/mol. The Morgan fingerprint density at radius 3 is 2.47 bits per heavy atom. The fourth-order valence-corrected chi connectivity index (χ4v) is 1.84. The maximum absolute atomic E-state index is 12.1. The Morgan fingerprint density at radius 2 is 1.84 bits per heavy atom. The third kappa shape index (κ3) is 3.26. The van der Waals surface area contributed by atoms with Gasteiger partial charge in [0.2, 0.25) is 0 Å². The third-order valence-corrected chi connectivity index (χ3v) is 3.04. The van der Waals surface area contributed by atoms with Gasteiger partial charge in [0.05, 0.1) is 7.11 Å². The van der Waals surface area contributed by atoms with Gasteiger partial charge in [-0.2, -0.15) is 0 Å². The molecule has 0 radical (unpaired) electrons. The number of halogens is 1. The van der Waals surface area contributed by atoms with Gasteiger partial charge < -0.3 is 10.1 Å². The van der Waals surface area contributed by atoms with Crippen LogP contribution >= 0.6 is 11.6 Å². The van der Waals surface area contributed by atoms with Crippen LogP contribution in [0.4, 0.5) is 5.69 Å². The van der Waals surface area contributed by atoms with E-state index in [1.54, 1.807) is 43.5 Å². The lowest BCUT2D eigenvalue weighted by Crippen LogP contribution is -2.12. The van der Waals surface area contributed by atoms with Gasteiger partial charge in [0, 0.05) is 16.3 Å². The largest absolute Gasteiger partial charge is 0.497 e. The molecular formula is C15H14ClNO2. The maximum Gasteiger partial charge on any atom is 0.255 e. The van der Waals surface area contributed by atoms with Crippen LogP contribution in [0.2, 0.25) is 5.02 Å². The van der Waals surface area contributed by atoms with Crippen LogP contribution in [0.3, 0.4) is 0 Å². The number of ether oxygens (including phenoxy) is 1. The molecule has 19 heavy (non-hydrogen) atoms. The summed E-state index contributed by atoms with van der Waals surface area (Å²) in [5.74, 6) is 0.545. The summed E-state index contributed by atoms with van der Waals surface area (Å²) in [4.78, 5) is 12.1. The number of methoxy groups -OCH3 is 1. The molecule has 0 aromatic heterocycles. The van der Waals surface area contributed by atoms with E-state index >= 15 is 0 Å². The molecule has 2 aromatic carbocycles. The molecule has 1 N–H and O–H groups in total. The highest BCUT2D eigenvalue weighted by Gasteiger charge is 2.08. The highest BCUT2D eigenvalue weighted by molar-refractivity contribution is 6.31. The van der Waals surface area contributed by atoms with Crippen LogP contribution in [-0.2, 0) is 0 Å². The van der Waals surface area contributed by atoms with Crippen LogP contribution in [0.5, 0.6) is 5.75 Å². The van der Waals surface area contributed by atoms with Crippen LogP contribution in [0.1, 0.15) is 15.9 Å². The van der Waals surface area contributed by atoms with E-state index in [4.69, 9.17) is 16.3 Å². The van der Waals surface area contributed by atoms with Gasteiger partial charge in [-0.1, -0.05) is 17.7 Å². The topological polar surface area (TPSA) is 38.3 Å². The molecule has 2 rings (SSSR count). The summed E-state index contributed by atoms with van der Waals surface area (Å²) in [7, 11) is 1.59. The minimum atomic E-state index is -0.173. The zero-order valence-electron chi connectivity index (χ0n) is 10.7. The molecule has 0 fully saturated rings. The zero-order chi connectivity index (χ0) is 13.8. The van der Waals surface area contributed by atoms with Crippen LogP contribution in [0, 0.1) is 6.92 Å². The molecule has 2 aromatic rings. The molecule has 1 amide bonds. The standard InChI is InChI=1S/C15H14ClNO2/c1-10-3-6-12(16)9-14(10)17-15(18)11-4-7-13(19-2)8-5-11/h3-9H,1-2H3,(H,17,18). The molecule has 3 nitrogen and oxygen atoms in total. The number of aryl methyl sites for hydroxylation is 1. The Kier molecular flexibility index (Phi) is 4.07.